The minimum atomic E-state index is -1.32. The van der Waals surface area contributed by atoms with Gasteiger partial charge in [-0.1, -0.05) is 78.3 Å². The molecule has 3 aromatic rings. The van der Waals surface area contributed by atoms with Crippen LogP contribution in [0.4, 0.5) is 0 Å². The van der Waals surface area contributed by atoms with E-state index in [-0.39, 0.29) is 5.57 Å². The number of carbonyl (C=O) groups excluding carboxylic acids is 2. The van der Waals surface area contributed by atoms with E-state index in [9.17, 15) is 9.59 Å². The number of aryl methyl sites for hydroxylation is 1. The summed E-state index contributed by atoms with van der Waals surface area (Å²) < 4.78 is 10.8. The summed E-state index contributed by atoms with van der Waals surface area (Å²) in [5.41, 5.74) is 1.90. The van der Waals surface area contributed by atoms with Gasteiger partial charge in [0.25, 0.3) is 0 Å². The Morgan fingerprint density at radius 1 is 1.06 bits per heavy atom. The summed E-state index contributed by atoms with van der Waals surface area (Å²) in [6.45, 7) is 6.00. The average Bonchev–Trinajstić information content (AvgIpc) is 3.07. The van der Waals surface area contributed by atoms with Crippen LogP contribution < -0.4 is 4.74 Å². The molecule has 0 saturated heterocycles. The molecule has 0 amide bonds. The van der Waals surface area contributed by atoms with Gasteiger partial charge in [0, 0.05) is 22.1 Å². The molecule has 2 atom stereocenters. The lowest BCUT2D eigenvalue weighted by Gasteiger charge is -2.36. The lowest BCUT2D eigenvalue weighted by atomic mass is 9.62. The Kier molecular flexibility index (Phi) is 5.42. The smallest absolute Gasteiger partial charge is 0.333 e. The minimum absolute atomic E-state index is 0.153. The van der Waals surface area contributed by atoms with Crippen molar-refractivity contribution in [2.45, 2.75) is 18.3 Å². The number of carbonyl (C=O) groups is 2. The Balaban J connectivity index is 2.10. The third kappa shape index (κ3) is 3.33. The van der Waals surface area contributed by atoms with E-state index >= 15 is 0 Å². The Morgan fingerprint density at radius 3 is 2.39 bits per heavy atom. The van der Waals surface area contributed by atoms with Crippen LogP contribution in [0.15, 0.2) is 84.9 Å². The van der Waals surface area contributed by atoms with Crippen molar-refractivity contribution < 1.29 is 19.1 Å². The molecule has 4 nitrogen and oxygen atoms in total. The number of methoxy groups -OCH3 is 1. The summed E-state index contributed by atoms with van der Waals surface area (Å²) in [6.07, 6.45) is 0. The summed E-state index contributed by atoms with van der Waals surface area (Å²) in [4.78, 5) is 26.4. The Labute approximate surface area is 186 Å². The van der Waals surface area contributed by atoms with Gasteiger partial charge < -0.3 is 9.47 Å². The molecule has 156 valence electrons. The zero-order chi connectivity index (χ0) is 22.2. The van der Waals surface area contributed by atoms with Gasteiger partial charge in [-0.25, -0.2) is 4.79 Å². The highest BCUT2D eigenvalue weighted by molar-refractivity contribution is 6.30. The number of halogens is 1. The van der Waals surface area contributed by atoms with E-state index in [0.717, 1.165) is 5.56 Å². The first-order valence-corrected chi connectivity index (χ1v) is 10.2. The Bertz CT molecular complexity index is 1170. The van der Waals surface area contributed by atoms with Crippen LogP contribution in [0.5, 0.6) is 5.75 Å². The molecule has 0 N–H and O–H groups in total. The highest BCUT2D eigenvalue weighted by Crippen LogP contribution is 2.55. The zero-order valence-corrected chi connectivity index (χ0v) is 18.0. The van der Waals surface area contributed by atoms with Crippen LogP contribution in [-0.4, -0.2) is 19.0 Å². The van der Waals surface area contributed by atoms with Gasteiger partial charge in [-0.05, 0) is 36.2 Å². The molecule has 4 rings (SSSR count). The van der Waals surface area contributed by atoms with Crippen LogP contribution in [0.25, 0.3) is 0 Å². The normalized spacial score (nSPS) is 18.1. The van der Waals surface area contributed by atoms with Gasteiger partial charge in [-0.2, -0.15) is 0 Å². The highest BCUT2D eigenvalue weighted by Gasteiger charge is 2.58. The molecule has 1 heterocycles. The quantitative estimate of drug-likeness (QED) is 0.309. The predicted octanol–water partition coefficient (Wildman–Crippen LogP) is 5.37. The second kappa shape index (κ2) is 8.05. The van der Waals surface area contributed by atoms with Crippen LogP contribution in [0, 0.1) is 6.92 Å². The van der Waals surface area contributed by atoms with E-state index in [2.05, 4.69) is 6.58 Å². The van der Waals surface area contributed by atoms with Crippen LogP contribution in [-0.2, 0) is 19.7 Å². The third-order valence-corrected chi connectivity index (χ3v) is 6.00. The Hall–Kier alpha value is -3.37. The first-order valence-electron chi connectivity index (χ1n) is 9.81. The second-order valence-corrected chi connectivity index (χ2v) is 8.00. The summed E-state index contributed by atoms with van der Waals surface area (Å²) in [7, 11) is 1.30. The maximum atomic E-state index is 13.7. The molecule has 0 radical (unpaired) electrons. The molecule has 0 saturated carbocycles. The fourth-order valence-corrected chi connectivity index (χ4v) is 4.49. The molecule has 1 aliphatic heterocycles. The van der Waals surface area contributed by atoms with Crippen molar-refractivity contribution in [3.05, 3.63) is 112 Å². The maximum absolute atomic E-state index is 13.7. The number of hydrogen-bond donors (Lipinski definition) is 0. The van der Waals surface area contributed by atoms with Gasteiger partial charge in [0.1, 0.15) is 11.2 Å². The van der Waals surface area contributed by atoms with Crippen LogP contribution >= 0.6 is 11.6 Å². The van der Waals surface area contributed by atoms with E-state index in [1.165, 1.54) is 7.11 Å². The van der Waals surface area contributed by atoms with E-state index in [0.29, 0.717) is 27.5 Å². The van der Waals surface area contributed by atoms with Gasteiger partial charge in [0.2, 0.25) is 0 Å². The van der Waals surface area contributed by atoms with Crippen molar-refractivity contribution in [2.75, 3.05) is 7.11 Å². The van der Waals surface area contributed by atoms with Crippen molar-refractivity contribution in [1.29, 1.82) is 0 Å². The fourth-order valence-electron chi connectivity index (χ4n) is 4.36. The highest BCUT2D eigenvalue weighted by atomic mass is 35.5. The molecule has 5 heteroatoms. The molecule has 0 aliphatic carbocycles. The lowest BCUT2D eigenvalue weighted by molar-refractivity contribution is -0.138. The van der Waals surface area contributed by atoms with Crippen molar-refractivity contribution in [1.82, 2.24) is 0 Å². The summed E-state index contributed by atoms with van der Waals surface area (Å²) >= 11 is 6.12. The molecular weight excluding hydrogens is 412 g/mol. The van der Waals surface area contributed by atoms with E-state index in [4.69, 9.17) is 21.1 Å². The van der Waals surface area contributed by atoms with Crippen molar-refractivity contribution in [3.8, 4) is 5.75 Å². The van der Waals surface area contributed by atoms with E-state index < -0.39 is 23.3 Å². The molecule has 1 aliphatic rings. The summed E-state index contributed by atoms with van der Waals surface area (Å²) in [6, 6.07) is 22.0. The van der Waals surface area contributed by atoms with Crippen molar-refractivity contribution >= 4 is 23.5 Å². The average molecular weight is 433 g/mol. The SMILES string of the molecule is C=C(C(=O)OC)[C@@H](c1ccc(Cl)cc1)[C@@]1(c2ccccc2)C(=O)Oc2ccc(C)cc21. The second-order valence-electron chi connectivity index (χ2n) is 7.56. The number of fused-ring (bicyclic) bond motifs is 1. The largest absolute Gasteiger partial charge is 0.466 e. The van der Waals surface area contributed by atoms with Crippen LogP contribution in [0.3, 0.4) is 0 Å². The maximum Gasteiger partial charge on any atom is 0.333 e. The first kappa shape index (κ1) is 20.9. The minimum Gasteiger partial charge on any atom is -0.466 e. The number of ether oxygens (including phenoxy) is 2. The van der Waals surface area contributed by atoms with Gasteiger partial charge in [0.05, 0.1) is 7.11 Å². The van der Waals surface area contributed by atoms with Gasteiger partial charge in [-0.15, -0.1) is 0 Å². The molecule has 0 unspecified atom stereocenters. The van der Waals surface area contributed by atoms with Gasteiger partial charge >= 0.3 is 11.9 Å². The number of hydrogen-bond acceptors (Lipinski definition) is 4. The molecule has 0 bridgehead atoms. The van der Waals surface area contributed by atoms with Crippen molar-refractivity contribution in [3.63, 3.8) is 0 Å². The molecule has 31 heavy (non-hydrogen) atoms. The van der Waals surface area contributed by atoms with Gasteiger partial charge in [-0.3, -0.25) is 4.79 Å². The molecule has 0 fully saturated rings. The number of benzene rings is 3. The lowest BCUT2D eigenvalue weighted by Crippen LogP contribution is -2.43. The fraction of sp³-hybridized carbons (Fsp3) is 0.154. The topological polar surface area (TPSA) is 52.6 Å². The third-order valence-electron chi connectivity index (χ3n) is 5.75. The summed E-state index contributed by atoms with van der Waals surface area (Å²) in [5.74, 6) is -1.36. The zero-order valence-electron chi connectivity index (χ0n) is 17.2. The van der Waals surface area contributed by atoms with Crippen molar-refractivity contribution in [2.24, 2.45) is 0 Å². The predicted molar refractivity (Wildman–Crippen MR) is 119 cm³/mol. The first-order chi connectivity index (χ1) is 14.9. The molecule has 3 aromatic carbocycles. The molecule has 0 aromatic heterocycles. The summed E-state index contributed by atoms with van der Waals surface area (Å²) in [5, 5.41) is 0.546. The Morgan fingerprint density at radius 2 is 1.74 bits per heavy atom. The van der Waals surface area contributed by atoms with E-state index in [1.54, 1.807) is 30.3 Å². The number of esters is 2. The van der Waals surface area contributed by atoms with E-state index in [1.807, 2.05) is 49.4 Å². The molecule has 0 spiro atoms. The van der Waals surface area contributed by atoms with Gasteiger partial charge in [0.15, 0.2) is 0 Å². The monoisotopic (exact) mass is 432 g/mol. The molecular formula is C26H21ClO4. The van der Waals surface area contributed by atoms with Crippen LogP contribution in [0.1, 0.15) is 28.2 Å². The number of rotatable bonds is 5. The van der Waals surface area contributed by atoms with Crippen LogP contribution in [0.2, 0.25) is 5.02 Å². The standard InChI is InChI=1S/C26H21ClO4/c1-16-9-14-22-21(15-16)26(25(29)31-22,19-7-5-4-6-8-19)23(17(2)24(28)30-3)18-10-12-20(27)13-11-18/h4-15,23H,2H2,1,3H3/t23-,26-/m0/s1.